The summed E-state index contributed by atoms with van der Waals surface area (Å²) in [6.45, 7) is 0.214. The summed E-state index contributed by atoms with van der Waals surface area (Å²) in [6, 6.07) is 3.85. The number of carbonyl (C=O) groups is 1. The molecule has 1 aromatic carbocycles. The fraction of sp³-hybridized carbons (Fsp3) is 0.364. The maximum Gasteiger partial charge on any atom is 0.346 e. The summed E-state index contributed by atoms with van der Waals surface area (Å²) in [5, 5.41) is 28.3. The van der Waals surface area contributed by atoms with Gasteiger partial charge in [-0.25, -0.2) is 4.79 Å². The van der Waals surface area contributed by atoms with E-state index in [4.69, 9.17) is 14.9 Å². The summed E-state index contributed by atoms with van der Waals surface area (Å²) in [7, 11) is 0. The van der Waals surface area contributed by atoms with Gasteiger partial charge in [0.15, 0.2) is 5.56 Å². The summed E-state index contributed by atoms with van der Waals surface area (Å²) in [5.41, 5.74) is -0.950. The van der Waals surface area contributed by atoms with Crippen LogP contribution in [-0.2, 0) is 0 Å². The SMILES string of the molecule is O=C(O)c1c(OCCCCO)cccc1[N+](=O)[O-]. The van der Waals surface area contributed by atoms with Crippen molar-refractivity contribution in [1.29, 1.82) is 0 Å². The molecule has 0 fully saturated rings. The molecule has 0 radical (unpaired) electrons. The average molecular weight is 255 g/mol. The maximum absolute atomic E-state index is 11.0. The molecular formula is C11H13NO6. The van der Waals surface area contributed by atoms with E-state index in [-0.39, 0.29) is 19.0 Å². The lowest BCUT2D eigenvalue weighted by molar-refractivity contribution is -0.385. The highest BCUT2D eigenvalue weighted by atomic mass is 16.6. The number of hydrogen-bond acceptors (Lipinski definition) is 5. The van der Waals surface area contributed by atoms with Crippen LogP contribution in [0.15, 0.2) is 18.2 Å². The van der Waals surface area contributed by atoms with E-state index in [1.165, 1.54) is 12.1 Å². The van der Waals surface area contributed by atoms with E-state index in [0.717, 1.165) is 6.07 Å². The van der Waals surface area contributed by atoms with Crippen molar-refractivity contribution in [2.45, 2.75) is 12.8 Å². The van der Waals surface area contributed by atoms with Crippen molar-refractivity contribution in [2.75, 3.05) is 13.2 Å². The number of aromatic carboxylic acids is 1. The van der Waals surface area contributed by atoms with Crippen molar-refractivity contribution in [3.63, 3.8) is 0 Å². The van der Waals surface area contributed by atoms with Gasteiger partial charge in [-0.15, -0.1) is 0 Å². The number of ether oxygens (including phenoxy) is 1. The van der Waals surface area contributed by atoms with Crippen molar-refractivity contribution in [2.24, 2.45) is 0 Å². The standard InChI is InChI=1S/C11H13NO6/c13-6-1-2-7-18-9-5-3-4-8(12(16)17)10(9)11(14)15/h3-5,13H,1-2,6-7H2,(H,14,15). The van der Waals surface area contributed by atoms with E-state index in [1.807, 2.05) is 0 Å². The highest BCUT2D eigenvalue weighted by Gasteiger charge is 2.24. The van der Waals surface area contributed by atoms with Crippen LogP contribution in [0.2, 0.25) is 0 Å². The van der Waals surface area contributed by atoms with Crippen LogP contribution < -0.4 is 4.74 Å². The highest BCUT2D eigenvalue weighted by molar-refractivity contribution is 5.95. The Morgan fingerprint density at radius 2 is 2.11 bits per heavy atom. The van der Waals surface area contributed by atoms with Crippen LogP contribution >= 0.6 is 0 Å². The van der Waals surface area contributed by atoms with Crippen molar-refractivity contribution in [3.05, 3.63) is 33.9 Å². The first-order valence-corrected chi connectivity index (χ1v) is 5.32. The number of benzene rings is 1. The second-order valence-corrected chi connectivity index (χ2v) is 3.49. The van der Waals surface area contributed by atoms with Gasteiger partial charge in [-0.1, -0.05) is 6.07 Å². The zero-order valence-corrected chi connectivity index (χ0v) is 9.54. The topological polar surface area (TPSA) is 110 Å². The van der Waals surface area contributed by atoms with E-state index < -0.39 is 22.1 Å². The Balaban J connectivity index is 2.93. The second kappa shape index (κ2) is 6.55. The molecule has 0 amide bonds. The first-order chi connectivity index (χ1) is 8.57. The third kappa shape index (κ3) is 3.42. The van der Waals surface area contributed by atoms with Crippen LogP contribution in [0.4, 0.5) is 5.69 Å². The van der Waals surface area contributed by atoms with Gasteiger partial charge in [0.2, 0.25) is 0 Å². The Morgan fingerprint density at radius 1 is 1.39 bits per heavy atom. The molecule has 0 heterocycles. The molecule has 0 saturated heterocycles. The molecule has 0 bridgehead atoms. The molecule has 1 aromatic rings. The van der Waals surface area contributed by atoms with E-state index in [2.05, 4.69) is 0 Å². The fourth-order valence-corrected chi connectivity index (χ4v) is 1.40. The van der Waals surface area contributed by atoms with E-state index >= 15 is 0 Å². The zero-order chi connectivity index (χ0) is 13.5. The molecule has 2 N–H and O–H groups in total. The van der Waals surface area contributed by atoms with Gasteiger partial charge < -0.3 is 14.9 Å². The van der Waals surface area contributed by atoms with E-state index in [1.54, 1.807) is 0 Å². The first-order valence-electron chi connectivity index (χ1n) is 5.32. The molecule has 0 saturated carbocycles. The number of carboxylic acids is 1. The van der Waals surface area contributed by atoms with Gasteiger partial charge in [0.05, 0.1) is 11.5 Å². The van der Waals surface area contributed by atoms with Crippen molar-refractivity contribution in [3.8, 4) is 5.75 Å². The lowest BCUT2D eigenvalue weighted by Crippen LogP contribution is -2.08. The first kappa shape index (κ1) is 13.9. The number of nitro benzene ring substituents is 1. The van der Waals surface area contributed by atoms with Gasteiger partial charge in [0.25, 0.3) is 5.69 Å². The Labute approximate surface area is 103 Å². The van der Waals surface area contributed by atoms with Crippen LogP contribution in [0.3, 0.4) is 0 Å². The summed E-state index contributed by atoms with van der Waals surface area (Å²) in [4.78, 5) is 21.0. The van der Waals surface area contributed by atoms with Gasteiger partial charge in [-0.3, -0.25) is 10.1 Å². The minimum absolute atomic E-state index is 0.0179. The largest absolute Gasteiger partial charge is 0.492 e. The van der Waals surface area contributed by atoms with Crippen molar-refractivity contribution >= 4 is 11.7 Å². The molecule has 0 aromatic heterocycles. The van der Waals surface area contributed by atoms with Crippen LogP contribution in [0.5, 0.6) is 5.75 Å². The summed E-state index contributed by atoms with van der Waals surface area (Å²) >= 11 is 0. The number of hydrogen-bond donors (Lipinski definition) is 2. The Bertz CT molecular complexity index is 445. The quantitative estimate of drug-likeness (QED) is 0.433. The maximum atomic E-state index is 11.0. The summed E-state index contributed by atoms with van der Waals surface area (Å²) in [6.07, 6.45) is 1.07. The molecule has 0 aliphatic carbocycles. The number of aliphatic hydroxyl groups excluding tert-OH is 1. The number of carboxylic acid groups (broad SMARTS) is 1. The second-order valence-electron chi connectivity index (χ2n) is 3.49. The van der Waals surface area contributed by atoms with Gasteiger partial charge in [0, 0.05) is 12.7 Å². The minimum Gasteiger partial charge on any atom is -0.492 e. The van der Waals surface area contributed by atoms with Crippen LogP contribution in [0.1, 0.15) is 23.2 Å². The predicted octanol–water partition coefficient (Wildman–Crippen LogP) is 1.44. The molecule has 18 heavy (non-hydrogen) atoms. The van der Waals surface area contributed by atoms with Crippen LogP contribution in [-0.4, -0.2) is 34.3 Å². The molecule has 7 heteroatoms. The van der Waals surface area contributed by atoms with Gasteiger partial charge in [0.1, 0.15) is 5.75 Å². The van der Waals surface area contributed by atoms with Gasteiger partial charge in [-0.2, -0.15) is 0 Å². The predicted molar refractivity (Wildman–Crippen MR) is 61.9 cm³/mol. The number of rotatable bonds is 7. The van der Waals surface area contributed by atoms with Crippen molar-refractivity contribution < 1.29 is 24.7 Å². The molecule has 0 spiro atoms. The van der Waals surface area contributed by atoms with Crippen molar-refractivity contribution in [1.82, 2.24) is 0 Å². The third-order valence-corrected chi connectivity index (χ3v) is 2.22. The molecule has 0 unspecified atom stereocenters. The third-order valence-electron chi connectivity index (χ3n) is 2.22. The average Bonchev–Trinajstić information content (AvgIpc) is 2.33. The van der Waals surface area contributed by atoms with E-state index in [9.17, 15) is 14.9 Å². The smallest absolute Gasteiger partial charge is 0.346 e. The monoisotopic (exact) mass is 255 g/mol. The summed E-state index contributed by atoms with van der Waals surface area (Å²) < 4.78 is 5.19. The van der Waals surface area contributed by atoms with E-state index in [0.29, 0.717) is 12.8 Å². The Hall–Kier alpha value is -2.15. The Morgan fingerprint density at radius 3 is 2.67 bits per heavy atom. The molecule has 0 aliphatic heterocycles. The van der Waals surface area contributed by atoms with Crippen LogP contribution in [0.25, 0.3) is 0 Å². The molecule has 98 valence electrons. The molecule has 1 rings (SSSR count). The van der Waals surface area contributed by atoms with Crippen LogP contribution in [0, 0.1) is 10.1 Å². The molecule has 0 atom stereocenters. The number of unbranched alkanes of at least 4 members (excludes halogenated alkanes) is 1. The lowest BCUT2D eigenvalue weighted by Gasteiger charge is -2.08. The number of nitrogens with zero attached hydrogens (tertiary/aromatic N) is 1. The fourth-order valence-electron chi connectivity index (χ4n) is 1.40. The normalized spacial score (nSPS) is 10.1. The molecule has 7 nitrogen and oxygen atoms in total. The van der Waals surface area contributed by atoms with Gasteiger partial charge in [-0.05, 0) is 18.9 Å². The minimum atomic E-state index is -1.40. The number of nitro groups is 1. The molecular weight excluding hydrogens is 242 g/mol. The summed E-state index contributed by atoms with van der Waals surface area (Å²) in [5.74, 6) is -1.44. The highest BCUT2D eigenvalue weighted by Crippen LogP contribution is 2.28. The lowest BCUT2D eigenvalue weighted by atomic mass is 10.1. The molecule has 0 aliphatic rings. The Kier molecular flexibility index (Phi) is 5.06. The van der Waals surface area contributed by atoms with Gasteiger partial charge >= 0.3 is 5.97 Å². The number of aliphatic hydroxyl groups is 1. The zero-order valence-electron chi connectivity index (χ0n) is 9.54.